The SMILES string of the molecule is OC(c1ccc(F)c(F)c1Br)C1CCCc2cccnc21. The number of aryl methyl sites for hydroxylation is 1. The highest BCUT2D eigenvalue weighted by Crippen LogP contribution is 2.41. The average molecular weight is 354 g/mol. The minimum atomic E-state index is -0.969. The Hall–Kier alpha value is -1.33. The number of hydrogen-bond donors (Lipinski definition) is 1. The van der Waals surface area contributed by atoms with Crippen LogP contribution in [0.5, 0.6) is 0 Å². The highest BCUT2D eigenvalue weighted by molar-refractivity contribution is 9.10. The number of benzene rings is 1. The van der Waals surface area contributed by atoms with Gasteiger partial charge in [-0.3, -0.25) is 4.98 Å². The van der Waals surface area contributed by atoms with Gasteiger partial charge in [0.15, 0.2) is 11.6 Å². The van der Waals surface area contributed by atoms with Crippen molar-refractivity contribution in [2.24, 2.45) is 0 Å². The van der Waals surface area contributed by atoms with Crippen LogP contribution >= 0.6 is 15.9 Å². The van der Waals surface area contributed by atoms with Crippen molar-refractivity contribution in [2.75, 3.05) is 0 Å². The van der Waals surface area contributed by atoms with Gasteiger partial charge in [-0.25, -0.2) is 8.78 Å². The lowest BCUT2D eigenvalue weighted by atomic mass is 9.81. The van der Waals surface area contributed by atoms with E-state index in [9.17, 15) is 13.9 Å². The van der Waals surface area contributed by atoms with Crippen LogP contribution in [-0.4, -0.2) is 10.1 Å². The molecule has 3 rings (SSSR count). The third kappa shape index (κ3) is 2.60. The van der Waals surface area contributed by atoms with Crippen molar-refractivity contribution in [3.05, 3.63) is 63.4 Å². The quantitative estimate of drug-likeness (QED) is 0.817. The smallest absolute Gasteiger partial charge is 0.173 e. The summed E-state index contributed by atoms with van der Waals surface area (Å²) < 4.78 is 26.9. The molecule has 1 aliphatic rings. The summed E-state index contributed by atoms with van der Waals surface area (Å²) in [5.41, 5.74) is 2.33. The van der Waals surface area contributed by atoms with Crippen LogP contribution in [-0.2, 0) is 6.42 Å². The molecule has 1 aliphatic carbocycles. The first kappa shape index (κ1) is 14.6. The number of nitrogens with zero attached hydrogens (tertiary/aromatic N) is 1. The molecule has 1 N–H and O–H groups in total. The molecule has 0 fully saturated rings. The van der Waals surface area contributed by atoms with Gasteiger partial charge in [0, 0.05) is 17.8 Å². The maximum Gasteiger partial charge on any atom is 0.173 e. The Morgan fingerprint density at radius 2 is 2.10 bits per heavy atom. The standard InChI is InChI=1S/C16H14BrF2NO/c17-13-10(6-7-12(18)14(13)19)16(21)11-5-1-3-9-4-2-8-20-15(9)11/h2,4,6-8,11,16,21H,1,3,5H2. The van der Waals surface area contributed by atoms with Gasteiger partial charge in [-0.2, -0.15) is 0 Å². The fourth-order valence-corrected chi connectivity index (χ4v) is 3.49. The summed E-state index contributed by atoms with van der Waals surface area (Å²) in [6, 6.07) is 6.34. The molecule has 21 heavy (non-hydrogen) atoms. The molecule has 1 aromatic carbocycles. The number of fused-ring (bicyclic) bond motifs is 1. The monoisotopic (exact) mass is 353 g/mol. The van der Waals surface area contributed by atoms with Gasteiger partial charge in [-0.15, -0.1) is 0 Å². The number of halogens is 3. The summed E-state index contributed by atoms with van der Waals surface area (Å²) >= 11 is 3.04. The van der Waals surface area contributed by atoms with Gasteiger partial charge in [-0.1, -0.05) is 12.1 Å². The number of pyridine rings is 1. The topological polar surface area (TPSA) is 33.1 Å². The molecule has 0 spiro atoms. The van der Waals surface area contributed by atoms with Gasteiger partial charge in [-0.05, 0) is 58.5 Å². The van der Waals surface area contributed by atoms with Crippen molar-refractivity contribution in [1.29, 1.82) is 0 Å². The van der Waals surface area contributed by atoms with E-state index in [1.54, 1.807) is 6.20 Å². The minimum Gasteiger partial charge on any atom is -0.388 e. The molecule has 0 bridgehead atoms. The normalized spacial score (nSPS) is 19.1. The first-order valence-corrected chi connectivity index (χ1v) is 7.64. The number of aliphatic hydroxyl groups excluding tert-OH is 1. The fraction of sp³-hybridized carbons (Fsp3) is 0.312. The van der Waals surface area contributed by atoms with Crippen LogP contribution in [0.4, 0.5) is 8.78 Å². The Morgan fingerprint density at radius 3 is 2.90 bits per heavy atom. The largest absolute Gasteiger partial charge is 0.388 e. The maximum absolute atomic E-state index is 13.7. The summed E-state index contributed by atoms with van der Waals surface area (Å²) in [6.07, 6.45) is 3.44. The van der Waals surface area contributed by atoms with Crippen LogP contribution in [0.2, 0.25) is 0 Å². The summed E-state index contributed by atoms with van der Waals surface area (Å²) in [4.78, 5) is 4.37. The highest BCUT2D eigenvalue weighted by Gasteiger charge is 2.30. The predicted octanol–water partition coefficient (Wildman–Crippen LogP) is 4.28. The number of rotatable bonds is 2. The Labute approximate surface area is 130 Å². The van der Waals surface area contributed by atoms with Gasteiger partial charge in [0.05, 0.1) is 10.6 Å². The summed E-state index contributed by atoms with van der Waals surface area (Å²) in [5.74, 6) is -2.10. The predicted molar refractivity (Wildman–Crippen MR) is 78.9 cm³/mol. The Balaban J connectivity index is 2.01. The van der Waals surface area contributed by atoms with Gasteiger partial charge < -0.3 is 5.11 Å². The lowest BCUT2D eigenvalue weighted by Crippen LogP contribution is -2.19. The van der Waals surface area contributed by atoms with Crippen LogP contribution in [0, 0.1) is 11.6 Å². The molecule has 2 unspecified atom stereocenters. The van der Waals surface area contributed by atoms with Crippen molar-refractivity contribution >= 4 is 15.9 Å². The van der Waals surface area contributed by atoms with Crippen molar-refractivity contribution in [3.63, 3.8) is 0 Å². The van der Waals surface area contributed by atoms with E-state index in [1.807, 2.05) is 12.1 Å². The number of aromatic nitrogens is 1. The Bertz CT molecular complexity index is 677. The van der Waals surface area contributed by atoms with Crippen LogP contribution < -0.4 is 0 Å². The van der Waals surface area contributed by atoms with E-state index in [0.717, 1.165) is 36.6 Å². The zero-order valence-electron chi connectivity index (χ0n) is 11.2. The van der Waals surface area contributed by atoms with E-state index >= 15 is 0 Å². The molecule has 1 heterocycles. The molecule has 0 saturated carbocycles. The molecule has 110 valence electrons. The lowest BCUT2D eigenvalue weighted by molar-refractivity contribution is 0.132. The molecular weight excluding hydrogens is 340 g/mol. The molecule has 0 radical (unpaired) electrons. The molecule has 1 aromatic heterocycles. The van der Waals surface area contributed by atoms with E-state index in [-0.39, 0.29) is 10.4 Å². The highest BCUT2D eigenvalue weighted by atomic mass is 79.9. The first-order chi connectivity index (χ1) is 10.1. The lowest BCUT2D eigenvalue weighted by Gasteiger charge is -2.29. The Morgan fingerprint density at radius 1 is 1.29 bits per heavy atom. The molecule has 0 amide bonds. The second-order valence-electron chi connectivity index (χ2n) is 5.26. The third-order valence-electron chi connectivity index (χ3n) is 4.00. The van der Waals surface area contributed by atoms with Gasteiger partial charge in [0.25, 0.3) is 0 Å². The van der Waals surface area contributed by atoms with Crippen molar-refractivity contribution in [2.45, 2.75) is 31.3 Å². The van der Waals surface area contributed by atoms with Crippen molar-refractivity contribution in [1.82, 2.24) is 4.98 Å². The molecule has 2 nitrogen and oxygen atoms in total. The van der Waals surface area contributed by atoms with Gasteiger partial charge >= 0.3 is 0 Å². The average Bonchev–Trinajstić information content (AvgIpc) is 2.51. The second kappa shape index (κ2) is 5.81. The molecule has 2 aromatic rings. The van der Waals surface area contributed by atoms with E-state index < -0.39 is 17.7 Å². The zero-order valence-corrected chi connectivity index (χ0v) is 12.8. The first-order valence-electron chi connectivity index (χ1n) is 6.85. The summed E-state index contributed by atoms with van der Waals surface area (Å²) in [5, 5.41) is 10.6. The maximum atomic E-state index is 13.7. The summed E-state index contributed by atoms with van der Waals surface area (Å²) in [7, 11) is 0. The van der Waals surface area contributed by atoms with Crippen LogP contribution in [0.25, 0.3) is 0 Å². The van der Waals surface area contributed by atoms with Gasteiger partial charge in [0.1, 0.15) is 0 Å². The molecule has 0 aliphatic heterocycles. The van der Waals surface area contributed by atoms with E-state index in [2.05, 4.69) is 20.9 Å². The number of hydrogen-bond acceptors (Lipinski definition) is 2. The Kier molecular flexibility index (Phi) is 4.04. The minimum absolute atomic E-state index is 0.0157. The molecular formula is C16H14BrF2NO. The van der Waals surface area contributed by atoms with Crippen molar-refractivity contribution < 1.29 is 13.9 Å². The van der Waals surface area contributed by atoms with Crippen molar-refractivity contribution in [3.8, 4) is 0 Å². The van der Waals surface area contributed by atoms with E-state index in [4.69, 9.17) is 0 Å². The van der Waals surface area contributed by atoms with Crippen LogP contribution in [0.1, 0.15) is 41.7 Å². The van der Waals surface area contributed by atoms with Gasteiger partial charge in [0.2, 0.25) is 0 Å². The third-order valence-corrected chi connectivity index (χ3v) is 4.81. The van der Waals surface area contributed by atoms with Crippen LogP contribution in [0.3, 0.4) is 0 Å². The van der Waals surface area contributed by atoms with E-state index in [0.29, 0.717) is 5.56 Å². The van der Waals surface area contributed by atoms with Crippen LogP contribution in [0.15, 0.2) is 34.9 Å². The fourth-order valence-electron chi connectivity index (χ4n) is 2.94. The summed E-state index contributed by atoms with van der Waals surface area (Å²) in [6.45, 7) is 0. The molecule has 0 saturated heterocycles. The zero-order chi connectivity index (χ0) is 15.0. The molecule has 5 heteroatoms. The molecule has 2 atom stereocenters. The number of aliphatic hydroxyl groups is 1. The van der Waals surface area contributed by atoms with E-state index in [1.165, 1.54) is 6.07 Å². The second-order valence-corrected chi connectivity index (χ2v) is 6.05.